The molecule has 0 aromatic carbocycles. The summed E-state index contributed by atoms with van der Waals surface area (Å²) in [5.41, 5.74) is -0.690. The van der Waals surface area contributed by atoms with Crippen LogP contribution in [0.5, 0.6) is 0 Å². The van der Waals surface area contributed by atoms with Gasteiger partial charge in [0, 0.05) is 16.9 Å². The van der Waals surface area contributed by atoms with Gasteiger partial charge in [-0.15, -0.1) is 5.10 Å². The van der Waals surface area contributed by atoms with Crippen molar-refractivity contribution >= 4 is 33.0 Å². The Bertz CT molecular complexity index is 831. The van der Waals surface area contributed by atoms with E-state index in [2.05, 4.69) is 37.2 Å². The van der Waals surface area contributed by atoms with Gasteiger partial charge < -0.3 is 0 Å². The zero-order valence-corrected chi connectivity index (χ0v) is 12.3. The quantitative estimate of drug-likeness (QED) is 0.644. The molecule has 0 atom stereocenters. The molecule has 3 aromatic heterocycles. The molecule has 0 N–H and O–H groups in total. The number of hydrogen-bond acceptors (Lipinski definition) is 3. The molecule has 0 aliphatic rings. The van der Waals surface area contributed by atoms with Crippen molar-refractivity contribution in [2.24, 2.45) is 0 Å². The van der Waals surface area contributed by atoms with Crippen molar-refractivity contribution in [1.82, 2.24) is 19.6 Å². The number of fused-ring (bicyclic) bond motifs is 1. The van der Waals surface area contributed by atoms with Crippen molar-refractivity contribution < 1.29 is 13.2 Å². The third-order valence-electron chi connectivity index (χ3n) is 2.70. The van der Waals surface area contributed by atoms with E-state index in [1.165, 1.54) is 4.52 Å². The molecule has 3 aromatic rings. The fourth-order valence-electron chi connectivity index (χ4n) is 1.81. The van der Waals surface area contributed by atoms with Crippen molar-refractivity contribution in [1.29, 1.82) is 0 Å². The second kappa shape index (κ2) is 4.96. The minimum atomic E-state index is -4.56. The van der Waals surface area contributed by atoms with Gasteiger partial charge in [0.2, 0.25) is 0 Å². The average Bonchev–Trinajstić information content (AvgIpc) is 2.79. The maximum atomic E-state index is 13.0. The summed E-state index contributed by atoms with van der Waals surface area (Å²) in [6, 6.07) is 2.41. The molecule has 0 saturated heterocycles. The Morgan fingerprint density at radius 1 is 1.33 bits per heavy atom. The summed E-state index contributed by atoms with van der Waals surface area (Å²) in [6.07, 6.45) is 0.186. The molecule has 0 aliphatic carbocycles. The van der Waals surface area contributed by atoms with E-state index in [0.717, 1.165) is 12.3 Å². The molecular formula is C12H4BrClF3N4. The monoisotopic (exact) mass is 375 g/mol. The Hall–Kier alpha value is -1.67. The molecule has 0 unspecified atom stereocenters. The number of aromatic nitrogens is 4. The van der Waals surface area contributed by atoms with Crippen LogP contribution in [0.2, 0.25) is 5.15 Å². The minimum absolute atomic E-state index is 0.0478. The predicted octanol–water partition coefficient (Wildman–Crippen LogP) is 4.03. The van der Waals surface area contributed by atoms with E-state index in [1.54, 1.807) is 12.3 Å². The SMILES string of the molecule is FC(F)(F)c1c[c]ncc1-c1nc(Cl)c2cc(Br)cn2n1. The first-order valence-electron chi connectivity index (χ1n) is 5.51. The highest BCUT2D eigenvalue weighted by Crippen LogP contribution is 2.35. The van der Waals surface area contributed by atoms with Crippen LogP contribution in [-0.4, -0.2) is 19.6 Å². The largest absolute Gasteiger partial charge is 0.417 e. The lowest BCUT2D eigenvalue weighted by Gasteiger charge is -2.11. The molecule has 0 bridgehead atoms. The topological polar surface area (TPSA) is 43.1 Å². The molecule has 107 valence electrons. The summed E-state index contributed by atoms with van der Waals surface area (Å²) in [4.78, 5) is 7.50. The van der Waals surface area contributed by atoms with Crippen LogP contribution >= 0.6 is 27.5 Å². The van der Waals surface area contributed by atoms with Gasteiger partial charge >= 0.3 is 6.18 Å². The van der Waals surface area contributed by atoms with Crippen LogP contribution in [0.3, 0.4) is 0 Å². The molecule has 3 rings (SSSR count). The number of alkyl halides is 3. The van der Waals surface area contributed by atoms with Gasteiger partial charge in [0.15, 0.2) is 11.0 Å². The molecular weight excluding hydrogens is 373 g/mol. The average molecular weight is 377 g/mol. The summed E-state index contributed by atoms with van der Waals surface area (Å²) in [6.45, 7) is 0. The summed E-state index contributed by atoms with van der Waals surface area (Å²) in [5, 5.41) is 4.09. The molecule has 0 amide bonds. The predicted molar refractivity (Wildman–Crippen MR) is 72.8 cm³/mol. The van der Waals surface area contributed by atoms with Crippen LogP contribution in [0, 0.1) is 6.20 Å². The first kappa shape index (κ1) is 14.3. The van der Waals surface area contributed by atoms with Gasteiger partial charge in [-0.1, -0.05) is 11.6 Å². The third-order valence-corrected chi connectivity index (χ3v) is 3.41. The smallest absolute Gasteiger partial charge is 0.254 e. The minimum Gasteiger partial charge on any atom is -0.254 e. The second-order valence-electron chi connectivity index (χ2n) is 4.07. The lowest BCUT2D eigenvalue weighted by molar-refractivity contribution is -0.137. The number of pyridine rings is 1. The number of hydrogen-bond donors (Lipinski definition) is 0. The van der Waals surface area contributed by atoms with Crippen LogP contribution in [0.4, 0.5) is 13.2 Å². The summed E-state index contributed by atoms with van der Waals surface area (Å²) in [7, 11) is 0. The van der Waals surface area contributed by atoms with E-state index in [0.29, 0.717) is 9.99 Å². The van der Waals surface area contributed by atoms with E-state index >= 15 is 0 Å². The second-order valence-corrected chi connectivity index (χ2v) is 5.34. The van der Waals surface area contributed by atoms with Gasteiger partial charge in [-0.05, 0) is 28.1 Å². The maximum absolute atomic E-state index is 13.0. The van der Waals surface area contributed by atoms with Crippen LogP contribution in [-0.2, 0) is 6.18 Å². The third kappa shape index (κ3) is 2.60. The summed E-state index contributed by atoms with van der Waals surface area (Å²) < 4.78 is 41.0. The number of rotatable bonds is 1. The van der Waals surface area contributed by atoms with E-state index in [1.807, 2.05) is 0 Å². The number of nitrogens with zero attached hydrogens (tertiary/aromatic N) is 4. The lowest BCUT2D eigenvalue weighted by atomic mass is 10.1. The Morgan fingerprint density at radius 3 is 2.81 bits per heavy atom. The highest BCUT2D eigenvalue weighted by Gasteiger charge is 2.34. The van der Waals surface area contributed by atoms with Crippen molar-refractivity contribution in [3.63, 3.8) is 0 Å². The van der Waals surface area contributed by atoms with Gasteiger partial charge in [-0.25, -0.2) is 9.50 Å². The normalized spacial score (nSPS) is 12.0. The lowest BCUT2D eigenvalue weighted by Crippen LogP contribution is -2.09. The van der Waals surface area contributed by atoms with E-state index < -0.39 is 11.7 Å². The molecule has 21 heavy (non-hydrogen) atoms. The van der Waals surface area contributed by atoms with Gasteiger partial charge in [0.05, 0.1) is 17.3 Å². The Balaban J connectivity index is 2.26. The molecule has 0 saturated carbocycles. The summed E-state index contributed by atoms with van der Waals surface area (Å²) >= 11 is 9.23. The van der Waals surface area contributed by atoms with Crippen molar-refractivity contribution in [3.05, 3.63) is 45.9 Å². The summed E-state index contributed by atoms with van der Waals surface area (Å²) in [5.74, 6) is -0.163. The van der Waals surface area contributed by atoms with Crippen LogP contribution in [0.25, 0.3) is 16.9 Å². The van der Waals surface area contributed by atoms with Gasteiger partial charge in [0.1, 0.15) is 5.52 Å². The van der Waals surface area contributed by atoms with Gasteiger partial charge in [0.25, 0.3) is 0 Å². The maximum Gasteiger partial charge on any atom is 0.417 e. The molecule has 0 spiro atoms. The van der Waals surface area contributed by atoms with Crippen LogP contribution in [0.1, 0.15) is 5.56 Å². The Labute approximate surface area is 129 Å². The van der Waals surface area contributed by atoms with Crippen LogP contribution in [0.15, 0.2) is 29.0 Å². The fraction of sp³-hybridized carbons (Fsp3) is 0.0833. The van der Waals surface area contributed by atoms with Crippen molar-refractivity contribution in [2.75, 3.05) is 0 Å². The van der Waals surface area contributed by atoms with E-state index in [-0.39, 0.29) is 16.5 Å². The number of halogens is 5. The first-order valence-corrected chi connectivity index (χ1v) is 6.68. The molecule has 3 heterocycles. The molecule has 1 radical (unpaired) electrons. The molecule has 4 nitrogen and oxygen atoms in total. The van der Waals surface area contributed by atoms with Gasteiger partial charge in [-0.2, -0.15) is 13.2 Å². The molecule has 9 heteroatoms. The standard InChI is InChI=1S/C12H4BrClF3N4/c13-6-3-9-10(14)19-11(20-21(9)5-6)7-4-18-2-1-8(7)12(15,16)17/h1,3-5H. The Morgan fingerprint density at radius 2 is 2.10 bits per heavy atom. The first-order chi connectivity index (χ1) is 9.86. The zero-order chi connectivity index (χ0) is 15.2. The fourth-order valence-corrected chi connectivity index (χ4v) is 2.44. The molecule has 0 aliphatic heterocycles. The highest BCUT2D eigenvalue weighted by atomic mass is 79.9. The van der Waals surface area contributed by atoms with Crippen LogP contribution < -0.4 is 0 Å². The van der Waals surface area contributed by atoms with E-state index in [4.69, 9.17) is 11.6 Å². The zero-order valence-electron chi connectivity index (χ0n) is 9.99. The van der Waals surface area contributed by atoms with Crippen molar-refractivity contribution in [3.8, 4) is 11.4 Å². The van der Waals surface area contributed by atoms with E-state index in [9.17, 15) is 13.2 Å². The highest BCUT2D eigenvalue weighted by molar-refractivity contribution is 9.10. The van der Waals surface area contributed by atoms with Gasteiger partial charge in [-0.3, -0.25) is 4.98 Å². The molecule has 0 fully saturated rings. The van der Waals surface area contributed by atoms with Crippen molar-refractivity contribution in [2.45, 2.75) is 6.18 Å². The Kier molecular flexibility index (Phi) is 3.37.